The highest BCUT2D eigenvalue weighted by Gasteiger charge is 1.99. The summed E-state index contributed by atoms with van der Waals surface area (Å²) in [4.78, 5) is 0. The fourth-order valence-electron chi connectivity index (χ4n) is 1.26. The minimum atomic E-state index is -0.914. The second-order valence-corrected chi connectivity index (χ2v) is 3.43. The summed E-state index contributed by atoms with van der Waals surface area (Å²) in [6.45, 7) is 0. The number of benzene rings is 2. The zero-order valence-corrected chi connectivity index (χ0v) is 8.74. The molecule has 0 aliphatic rings. The van der Waals surface area contributed by atoms with E-state index < -0.39 is 11.6 Å². The van der Waals surface area contributed by atoms with Crippen molar-refractivity contribution in [1.82, 2.24) is 0 Å². The Morgan fingerprint density at radius 2 is 1.35 bits per heavy atom. The molecule has 0 aliphatic heterocycles. The standard InChI is InChI=1S/C14H8F2O/c15-13-8-5-11(9-14(13)16)2-1-10-3-6-12(17)7-4-10/h3-9,17H. The summed E-state index contributed by atoms with van der Waals surface area (Å²) in [7, 11) is 0. The first-order valence-electron chi connectivity index (χ1n) is 4.91. The average molecular weight is 230 g/mol. The molecule has 0 radical (unpaired) electrons. The molecule has 2 rings (SSSR count). The van der Waals surface area contributed by atoms with Gasteiger partial charge in [-0.3, -0.25) is 0 Å². The van der Waals surface area contributed by atoms with Crippen molar-refractivity contribution in [3.8, 4) is 17.6 Å². The van der Waals surface area contributed by atoms with Gasteiger partial charge in [0.15, 0.2) is 11.6 Å². The van der Waals surface area contributed by atoms with E-state index in [9.17, 15) is 8.78 Å². The fourth-order valence-corrected chi connectivity index (χ4v) is 1.26. The predicted octanol–water partition coefficient (Wildman–Crippen LogP) is 3.07. The van der Waals surface area contributed by atoms with Crippen LogP contribution in [-0.4, -0.2) is 5.11 Å². The van der Waals surface area contributed by atoms with E-state index in [0.29, 0.717) is 11.1 Å². The molecule has 0 unspecified atom stereocenters. The van der Waals surface area contributed by atoms with Crippen LogP contribution in [0.4, 0.5) is 8.78 Å². The van der Waals surface area contributed by atoms with Gasteiger partial charge in [0.1, 0.15) is 5.75 Å². The molecule has 84 valence electrons. The highest BCUT2D eigenvalue weighted by molar-refractivity contribution is 5.44. The van der Waals surface area contributed by atoms with Gasteiger partial charge in [0.2, 0.25) is 0 Å². The van der Waals surface area contributed by atoms with Gasteiger partial charge < -0.3 is 5.11 Å². The molecule has 0 spiro atoms. The predicted molar refractivity (Wildman–Crippen MR) is 60.4 cm³/mol. The van der Waals surface area contributed by atoms with Crippen LogP contribution in [0, 0.1) is 23.5 Å². The third-order valence-corrected chi connectivity index (χ3v) is 2.14. The monoisotopic (exact) mass is 230 g/mol. The number of rotatable bonds is 0. The largest absolute Gasteiger partial charge is 0.508 e. The molecule has 2 aromatic rings. The Morgan fingerprint density at radius 3 is 2.00 bits per heavy atom. The van der Waals surface area contributed by atoms with Crippen molar-refractivity contribution < 1.29 is 13.9 Å². The lowest BCUT2D eigenvalue weighted by molar-refractivity contribution is 0.475. The minimum Gasteiger partial charge on any atom is -0.508 e. The minimum absolute atomic E-state index is 0.156. The molecule has 0 atom stereocenters. The van der Waals surface area contributed by atoms with Crippen LogP contribution in [0.25, 0.3) is 0 Å². The Hall–Kier alpha value is -2.34. The maximum Gasteiger partial charge on any atom is 0.160 e. The molecule has 0 aromatic heterocycles. The van der Waals surface area contributed by atoms with Gasteiger partial charge in [-0.2, -0.15) is 0 Å². The van der Waals surface area contributed by atoms with Gasteiger partial charge >= 0.3 is 0 Å². The summed E-state index contributed by atoms with van der Waals surface area (Å²) in [5.74, 6) is 3.85. The van der Waals surface area contributed by atoms with Crippen molar-refractivity contribution >= 4 is 0 Å². The zero-order chi connectivity index (χ0) is 12.3. The molecular weight excluding hydrogens is 222 g/mol. The van der Waals surface area contributed by atoms with E-state index in [4.69, 9.17) is 5.11 Å². The van der Waals surface area contributed by atoms with Crippen LogP contribution in [0.3, 0.4) is 0 Å². The Bertz CT molecular complexity index is 592. The summed E-state index contributed by atoms with van der Waals surface area (Å²) in [5, 5.41) is 9.07. The molecule has 3 heteroatoms. The average Bonchev–Trinajstić information content (AvgIpc) is 2.33. The normalized spacial score (nSPS) is 9.53. The Labute approximate surface area is 97.3 Å². The summed E-state index contributed by atoms with van der Waals surface area (Å²) < 4.78 is 25.5. The number of hydrogen-bond donors (Lipinski definition) is 1. The van der Waals surface area contributed by atoms with Crippen molar-refractivity contribution in [1.29, 1.82) is 0 Å². The molecule has 0 saturated carbocycles. The first-order chi connectivity index (χ1) is 8.15. The van der Waals surface area contributed by atoms with Gasteiger partial charge in [-0.25, -0.2) is 8.78 Å². The van der Waals surface area contributed by atoms with E-state index in [1.807, 2.05) is 0 Å². The third-order valence-electron chi connectivity index (χ3n) is 2.14. The van der Waals surface area contributed by atoms with Gasteiger partial charge in [-0.05, 0) is 42.5 Å². The summed E-state index contributed by atoms with van der Waals surface area (Å²) in [5.41, 5.74) is 1.09. The molecule has 17 heavy (non-hydrogen) atoms. The van der Waals surface area contributed by atoms with Gasteiger partial charge in [0.25, 0.3) is 0 Å². The third kappa shape index (κ3) is 2.82. The van der Waals surface area contributed by atoms with Crippen LogP contribution in [-0.2, 0) is 0 Å². The van der Waals surface area contributed by atoms with Crippen molar-refractivity contribution in [2.24, 2.45) is 0 Å². The Morgan fingerprint density at radius 1 is 0.765 bits per heavy atom. The lowest BCUT2D eigenvalue weighted by Crippen LogP contribution is -1.84. The summed E-state index contributed by atoms with van der Waals surface area (Å²) >= 11 is 0. The molecule has 0 aliphatic carbocycles. The first-order valence-corrected chi connectivity index (χ1v) is 4.91. The molecule has 1 N–H and O–H groups in total. The fraction of sp³-hybridized carbons (Fsp3) is 0. The summed E-state index contributed by atoms with van der Waals surface area (Å²) in [6, 6.07) is 9.79. The van der Waals surface area contributed by atoms with Crippen LogP contribution < -0.4 is 0 Å². The van der Waals surface area contributed by atoms with Crippen LogP contribution in [0.2, 0.25) is 0 Å². The van der Waals surface area contributed by atoms with E-state index in [2.05, 4.69) is 11.8 Å². The quantitative estimate of drug-likeness (QED) is 0.689. The maximum absolute atomic E-state index is 12.9. The second-order valence-electron chi connectivity index (χ2n) is 3.43. The van der Waals surface area contributed by atoms with E-state index >= 15 is 0 Å². The van der Waals surface area contributed by atoms with E-state index in [1.54, 1.807) is 12.1 Å². The Balaban J connectivity index is 2.26. The summed E-state index contributed by atoms with van der Waals surface area (Å²) in [6.07, 6.45) is 0. The lowest BCUT2D eigenvalue weighted by atomic mass is 10.2. The van der Waals surface area contributed by atoms with Crippen LogP contribution in [0.1, 0.15) is 11.1 Å². The van der Waals surface area contributed by atoms with E-state index in [-0.39, 0.29) is 5.75 Å². The Kier molecular flexibility index (Phi) is 3.06. The molecule has 0 heterocycles. The van der Waals surface area contributed by atoms with Crippen LogP contribution >= 0.6 is 0 Å². The number of aromatic hydroxyl groups is 1. The number of halogens is 2. The number of phenols is 1. The van der Waals surface area contributed by atoms with Crippen LogP contribution in [0.5, 0.6) is 5.75 Å². The van der Waals surface area contributed by atoms with Gasteiger partial charge in [-0.1, -0.05) is 11.8 Å². The zero-order valence-electron chi connectivity index (χ0n) is 8.74. The topological polar surface area (TPSA) is 20.2 Å². The SMILES string of the molecule is Oc1ccc(C#Cc2ccc(F)c(F)c2)cc1. The number of phenolic OH excluding ortho intramolecular Hbond substituents is 1. The maximum atomic E-state index is 12.9. The molecule has 0 amide bonds. The molecule has 0 bridgehead atoms. The van der Waals surface area contributed by atoms with Gasteiger partial charge in [0, 0.05) is 11.1 Å². The highest BCUT2D eigenvalue weighted by Crippen LogP contribution is 2.10. The van der Waals surface area contributed by atoms with Crippen molar-refractivity contribution in [3.05, 3.63) is 65.2 Å². The lowest BCUT2D eigenvalue weighted by Gasteiger charge is -1.93. The van der Waals surface area contributed by atoms with Crippen molar-refractivity contribution in [2.75, 3.05) is 0 Å². The molecular formula is C14H8F2O. The van der Waals surface area contributed by atoms with Gasteiger partial charge in [-0.15, -0.1) is 0 Å². The highest BCUT2D eigenvalue weighted by atomic mass is 19.2. The van der Waals surface area contributed by atoms with E-state index in [0.717, 1.165) is 12.1 Å². The first kappa shape index (κ1) is 11.2. The molecule has 0 saturated heterocycles. The van der Waals surface area contributed by atoms with E-state index in [1.165, 1.54) is 18.2 Å². The van der Waals surface area contributed by atoms with Crippen molar-refractivity contribution in [3.63, 3.8) is 0 Å². The number of hydrogen-bond acceptors (Lipinski definition) is 1. The van der Waals surface area contributed by atoms with Crippen molar-refractivity contribution in [2.45, 2.75) is 0 Å². The second kappa shape index (κ2) is 4.67. The smallest absolute Gasteiger partial charge is 0.160 e. The molecule has 1 nitrogen and oxygen atoms in total. The van der Waals surface area contributed by atoms with Crippen LogP contribution in [0.15, 0.2) is 42.5 Å². The van der Waals surface area contributed by atoms with Gasteiger partial charge in [0.05, 0.1) is 0 Å². The molecule has 2 aromatic carbocycles. The molecule has 0 fully saturated rings.